The zero-order chi connectivity index (χ0) is 9.26. The third-order valence-corrected chi connectivity index (χ3v) is 1.84. The Labute approximate surface area is 79.3 Å². The Balaban J connectivity index is 2.53. The summed E-state index contributed by atoms with van der Waals surface area (Å²) in [6, 6.07) is 5.10. The van der Waals surface area contributed by atoms with Gasteiger partial charge in [0.15, 0.2) is 6.33 Å². The van der Waals surface area contributed by atoms with Gasteiger partial charge in [-0.2, -0.15) is 4.98 Å². The minimum atomic E-state index is 0.397. The Bertz CT molecular complexity index is 413. The minimum Gasteiger partial charge on any atom is -0.398 e. The molecule has 0 aliphatic carbocycles. The van der Waals surface area contributed by atoms with Crippen molar-refractivity contribution in [1.82, 2.24) is 10.1 Å². The van der Waals surface area contributed by atoms with Crippen LogP contribution in [0.25, 0.3) is 11.5 Å². The molecule has 0 bridgehead atoms. The molecule has 1 aromatic heterocycles. The highest BCUT2D eigenvalue weighted by Gasteiger charge is 2.07. The molecule has 4 nitrogen and oxygen atoms in total. The first kappa shape index (κ1) is 8.07. The van der Waals surface area contributed by atoms with Gasteiger partial charge in [0.05, 0.1) is 5.56 Å². The van der Waals surface area contributed by atoms with E-state index in [2.05, 4.69) is 10.1 Å². The van der Waals surface area contributed by atoms with Crippen molar-refractivity contribution in [2.24, 2.45) is 0 Å². The van der Waals surface area contributed by atoms with Gasteiger partial charge in [-0.15, -0.1) is 0 Å². The Morgan fingerprint density at radius 2 is 2.23 bits per heavy atom. The van der Waals surface area contributed by atoms with Crippen LogP contribution in [0.3, 0.4) is 0 Å². The molecule has 0 aliphatic heterocycles. The summed E-state index contributed by atoms with van der Waals surface area (Å²) in [6.45, 7) is 0. The maximum atomic E-state index is 5.73. The number of nitrogens with zero attached hydrogens (tertiary/aromatic N) is 2. The number of anilines is 1. The SMILES string of the molecule is Nc1cc(Cl)ccc1-c1ncno1. The monoisotopic (exact) mass is 195 g/mol. The van der Waals surface area contributed by atoms with Crippen LogP contribution in [0, 0.1) is 0 Å². The van der Waals surface area contributed by atoms with Crippen molar-refractivity contribution in [3.8, 4) is 11.5 Å². The van der Waals surface area contributed by atoms with Gasteiger partial charge in [-0.3, -0.25) is 0 Å². The molecule has 13 heavy (non-hydrogen) atoms. The standard InChI is InChI=1S/C8H6ClN3O/c9-5-1-2-6(7(10)3-5)8-11-4-12-13-8/h1-4H,10H2. The van der Waals surface area contributed by atoms with Gasteiger partial charge in [-0.1, -0.05) is 16.8 Å². The fraction of sp³-hybridized carbons (Fsp3) is 0. The fourth-order valence-corrected chi connectivity index (χ4v) is 1.20. The number of halogens is 1. The van der Waals surface area contributed by atoms with Gasteiger partial charge in [0.25, 0.3) is 5.89 Å². The van der Waals surface area contributed by atoms with E-state index in [1.165, 1.54) is 6.33 Å². The van der Waals surface area contributed by atoms with Gasteiger partial charge in [-0.05, 0) is 18.2 Å². The number of nitrogens with two attached hydrogens (primary N) is 1. The summed E-state index contributed by atoms with van der Waals surface area (Å²) >= 11 is 5.73. The second kappa shape index (κ2) is 3.06. The van der Waals surface area contributed by atoms with Crippen molar-refractivity contribution >= 4 is 17.3 Å². The molecule has 0 radical (unpaired) electrons. The predicted octanol–water partition coefficient (Wildman–Crippen LogP) is 1.97. The fourth-order valence-electron chi connectivity index (χ4n) is 1.02. The van der Waals surface area contributed by atoms with E-state index in [0.29, 0.717) is 22.2 Å². The molecule has 2 aromatic rings. The maximum Gasteiger partial charge on any atom is 0.259 e. The number of hydrogen-bond donors (Lipinski definition) is 1. The summed E-state index contributed by atoms with van der Waals surface area (Å²) in [4.78, 5) is 3.88. The van der Waals surface area contributed by atoms with Crippen LogP contribution < -0.4 is 5.73 Å². The molecule has 2 rings (SSSR count). The zero-order valence-corrected chi connectivity index (χ0v) is 7.32. The predicted molar refractivity (Wildman–Crippen MR) is 49.2 cm³/mol. The van der Waals surface area contributed by atoms with Crippen molar-refractivity contribution < 1.29 is 4.52 Å². The Kier molecular flexibility index (Phi) is 1.90. The lowest BCUT2D eigenvalue weighted by Gasteiger charge is -1.99. The van der Waals surface area contributed by atoms with Gasteiger partial charge >= 0.3 is 0 Å². The molecule has 0 atom stereocenters. The molecule has 1 aromatic carbocycles. The molecular weight excluding hydrogens is 190 g/mol. The van der Waals surface area contributed by atoms with Crippen molar-refractivity contribution in [3.05, 3.63) is 29.5 Å². The average Bonchev–Trinajstić information content (AvgIpc) is 2.56. The third kappa shape index (κ3) is 1.48. The molecular formula is C8H6ClN3O. The Hall–Kier alpha value is -1.55. The van der Waals surface area contributed by atoms with E-state index >= 15 is 0 Å². The topological polar surface area (TPSA) is 64.9 Å². The third-order valence-electron chi connectivity index (χ3n) is 1.61. The zero-order valence-electron chi connectivity index (χ0n) is 6.57. The molecule has 5 heteroatoms. The summed E-state index contributed by atoms with van der Waals surface area (Å²) in [5.41, 5.74) is 6.92. The van der Waals surface area contributed by atoms with Crippen LogP contribution in [-0.2, 0) is 0 Å². The van der Waals surface area contributed by atoms with Crippen LogP contribution in [0.15, 0.2) is 29.0 Å². The second-order valence-electron chi connectivity index (χ2n) is 2.48. The summed E-state index contributed by atoms with van der Waals surface area (Å²) in [5.74, 6) is 0.397. The van der Waals surface area contributed by atoms with Gasteiger partial charge < -0.3 is 10.3 Å². The highest BCUT2D eigenvalue weighted by atomic mass is 35.5. The number of aromatic nitrogens is 2. The van der Waals surface area contributed by atoms with Crippen LogP contribution in [-0.4, -0.2) is 10.1 Å². The molecule has 0 unspecified atom stereocenters. The molecule has 66 valence electrons. The van der Waals surface area contributed by atoms with Gasteiger partial charge in [0.2, 0.25) is 0 Å². The lowest BCUT2D eigenvalue weighted by Crippen LogP contribution is -1.89. The van der Waals surface area contributed by atoms with Gasteiger partial charge in [-0.25, -0.2) is 0 Å². The highest BCUT2D eigenvalue weighted by Crippen LogP contribution is 2.26. The van der Waals surface area contributed by atoms with E-state index in [4.69, 9.17) is 21.9 Å². The smallest absolute Gasteiger partial charge is 0.259 e. The van der Waals surface area contributed by atoms with Crippen LogP contribution >= 0.6 is 11.6 Å². The van der Waals surface area contributed by atoms with Gasteiger partial charge in [0.1, 0.15) is 0 Å². The number of hydrogen-bond acceptors (Lipinski definition) is 4. The summed E-state index contributed by atoms with van der Waals surface area (Å²) in [6.07, 6.45) is 1.32. The molecule has 0 aliphatic rings. The van der Waals surface area contributed by atoms with Crippen LogP contribution in [0.2, 0.25) is 5.02 Å². The minimum absolute atomic E-state index is 0.397. The lowest BCUT2D eigenvalue weighted by atomic mass is 10.2. The van der Waals surface area contributed by atoms with E-state index in [1.807, 2.05) is 0 Å². The molecule has 0 saturated heterocycles. The van der Waals surface area contributed by atoms with Crippen LogP contribution in [0.1, 0.15) is 0 Å². The van der Waals surface area contributed by atoms with Crippen LogP contribution in [0.5, 0.6) is 0 Å². The molecule has 0 spiro atoms. The van der Waals surface area contributed by atoms with Crippen LogP contribution in [0.4, 0.5) is 5.69 Å². The van der Waals surface area contributed by atoms with E-state index in [1.54, 1.807) is 18.2 Å². The Morgan fingerprint density at radius 3 is 2.85 bits per heavy atom. The normalized spacial score (nSPS) is 10.2. The summed E-state index contributed by atoms with van der Waals surface area (Å²) < 4.78 is 4.86. The first-order chi connectivity index (χ1) is 6.27. The molecule has 0 amide bonds. The first-order valence-electron chi connectivity index (χ1n) is 3.59. The molecule has 0 saturated carbocycles. The molecule has 0 fully saturated rings. The first-order valence-corrected chi connectivity index (χ1v) is 3.97. The van der Waals surface area contributed by atoms with Crippen molar-refractivity contribution in [2.45, 2.75) is 0 Å². The average molecular weight is 196 g/mol. The van der Waals surface area contributed by atoms with E-state index in [-0.39, 0.29) is 0 Å². The van der Waals surface area contributed by atoms with E-state index in [9.17, 15) is 0 Å². The summed E-state index contributed by atoms with van der Waals surface area (Å²) in [5, 5.41) is 4.07. The van der Waals surface area contributed by atoms with Crippen molar-refractivity contribution in [1.29, 1.82) is 0 Å². The highest BCUT2D eigenvalue weighted by molar-refractivity contribution is 6.31. The molecule has 2 N–H and O–H groups in total. The van der Waals surface area contributed by atoms with Crippen molar-refractivity contribution in [2.75, 3.05) is 5.73 Å². The number of benzene rings is 1. The van der Waals surface area contributed by atoms with Crippen molar-refractivity contribution in [3.63, 3.8) is 0 Å². The van der Waals surface area contributed by atoms with E-state index < -0.39 is 0 Å². The number of nitrogen functional groups attached to an aromatic ring is 1. The lowest BCUT2D eigenvalue weighted by molar-refractivity contribution is 0.430. The summed E-state index contributed by atoms with van der Waals surface area (Å²) in [7, 11) is 0. The van der Waals surface area contributed by atoms with E-state index in [0.717, 1.165) is 0 Å². The second-order valence-corrected chi connectivity index (χ2v) is 2.91. The number of rotatable bonds is 1. The maximum absolute atomic E-state index is 5.73. The molecule has 1 heterocycles. The quantitative estimate of drug-likeness (QED) is 0.707. The Morgan fingerprint density at radius 1 is 1.38 bits per heavy atom. The largest absolute Gasteiger partial charge is 0.398 e. The van der Waals surface area contributed by atoms with Gasteiger partial charge in [0, 0.05) is 10.7 Å².